The van der Waals surface area contributed by atoms with Crippen molar-refractivity contribution in [3.63, 3.8) is 0 Å². The minimum absolute atomic E-state index is 0.104. The molecule has 0 aliphatic rings. The third kappa shape index (κ3) is 7.80. The van der Waals surface area contributed by atoms with Gasteiger partial charge in [-0.25, -0.2) is 4.79 Å². The maximum atomic E-state index is 12.9. The van der Waals surface area contributed by atoms with Crippen molar-refractivity contribution in [1.82, 2.24) is 20.1 Å². The lowest BCUT2D eigenvalue weighted by Gasteiger charge is -2.20. The zero-order chi connectivity index (χ0) is 26.9. The number of rotatable bonds is 11. The Morgan fingerprint density at radius 2 is 1.78 bits per heavy atom. The van der Waals surface area contributed by atoms with Gasteiger partial charge < -0.3 is 19.9 Å². The fraction of sp³-hybridized carbons (Fsp3) is 0.346. The van der Waals surface area contributed by atoms with Crippen molar-refractivity contribution in [3.8, 4) is 0 Å². The van der Waals surface area contributed by atoms with Gasteiger partial charge in [-0.1, -0.05) is 49.3 Å². The summed E-state index contributed by atoms with van der Waals surface area (Å²) in [6, 6.07) is 13.0. The van der Waals surface area contributed by atoms with Crippen LogP contribution in [-0.4, -0.2) is 44.9 Å². The number of halogens is 1. The van der Waals surface area contributed by atoms with E-state index in [-0.39, 0.29) is 29.5 Å². The SMILES string of the molecule is CCOC(=O)c1ccc(NC(=O)CSc2nnc([C@H](CC(C)C)NC(=O)c3ccccc3Cl)n2C)cc1. The number of aromatic nitrogens is 3. The van der Waals surface area contributed by atoms with Gasteiger partial charge in [-0.2, -0.15) is 0 Å². The lowest BCUT2D eigenvalue weighted by atomic mass is 10.0. The van der Waals surface area contributed by atoms with Crippen LogP contribution in [0.5, 0.6) is 0 Å². The van der Waals surface area contributed by atoms with Gasteiger partial charge in [-0.3, -0.25) is 9.59 Å². The molecule has 0 aliphatic carbocycles. The number of hydrogen-bond acceptors (Lipinski definition) is 7. The zero-order valence-corrected chi connectivity index (χ0v) is 22.7. The average molecular weight is 544 g/mol. The molecule has 1 heterocycles. The molecular formula is C26H30ClN5O4S. The molecule has 196 valence electrons. The highest BCUT2D eigenvalue weighted by Gasteiger charge is 2.24. The number of carbonyl (C=O) groups excluding carboxylic acids is 3. The quantitative estimate of drug-likeness (QED) is 0.261. The number of esters is 1. The highest BCUT2D eigenvalue weighted by atomic mass is 35.5. The molecule has 0 saturated heterocycles. The third-order valence-corrected chi connectivity index (χ3v) is 6.67. The molecule has 2 aromatic carbocycles. The second kappa shape index (κ2) is 13.3. The number of thioether (sulfide) groups is 1. The molecule has 2 N–H and O–H groups in total. The molecule has 0 fully saturated rings. The van der Waals surface area contributed by atoms with Gasteiger partial charge in [0.2, 0.25) is 5.91 Å². The van der Waals surface area contributed by atoms with E-state index < -0.39 is 5.97 Å². The van der Waals surface area contributed by atoms with Gasteiger partial charge in [-0.15, -0.1) is 10.2 Å². The molecule has 11 heteroatoms. The van der Waals surface area contributed by atoms with E-state index in [0.717, 1.165) is 0 Å². The van der Waals surface area contributed by atoms with E-state index in [2.05, 4.69) is 34.7 Å². The number of nitrogens with zero attached hydrogens (tertiary/aromatic N) is 3. The Balaban J connectivity index is 1.63. The summed E-state index contributed by atoms with van der Waals surface area (Å²) < 4.78 is 6.75. The van der Waals surface area contributed by atoms with Crippen molar-refractivity contribution in [1.29, 1.82) is 0 Å². The van der Waals surface area contributed by atoms with Crippen molar-refractivity contribution in [3.05, 3.63) is 70.5 Å². The molecule has 3 aromatic rings. The fourth-order valence-electron chi connectivity index (χ4n) is 3.57. The molecule has 37 heavy (non-hydrogen) atoms. The maximum Gasteiger partial charge on any atom is 0.338 e. The lowest BCUT2D eigenvalue weighted by molar-refractivity contribution is -0.113. The summed E-state index contributed by atoms with van der Waals surface area (Å²) in [7, 11) is 1.80. The minimum atomic E-state index is -0.409. The second-order valence-corrected chi connectivity index (χ2v) is 10.0. The summed E-state index contributed by atoms with van der Waals surface area (Å²) in [6.07, 6.45) is 0.648. The number of hydrogen-bond donors (Lipinski definition) is 2. The Bertz CT molecular complexity index is 1250. The van der Waals surface area contributed by atoms with Gasteiger partial charge in [0.15, 0.2) is 11.0 Å². The first kappa shape index (κ1) is 28.2. The predicted octanol–water partition coefficient (Wildman–Crippen LogP) is 4.89. The molecule has 0 radical (unpaired) electrons. The smallest absolute Gasteiger partial charge is 0.338 e. The fourth-order valence-corrected chi connectivity index (χ4v) is 4.51. The van der Waals surface area contributed by atoms with Gasteiger partial charge in [0, 0.05) is 12.7 Å². The molecule has 0 unspecified atom stereocenters. The molecule has 0 aliphatic heterocycles. The first-order chi connectivity index (χ1) is 17.7. The van der Waals surface area contributed by atoms with Crippen LogP contribution < -0.4 is 10.6 Å². The van der Waals surface area contributed by atoms with Crippen LogP contribution in [0.1, 0.15) is 59.8 Å². The zero-order valence-electron chi connectivity index (χ0n) is 21.2. The molecule has 0 saturated carbocycles. The second-order valence-electron chi connectivity index (χ2n) is 8.67. The van der Waals surface area contributed by atoms with Gasteiger partial charge in [0.25, 0.3) is 5.91 Å². The highest BCUT2D eigenvalue weighted by Crippen LogP contribution is 2.25. The van der Waals surface area contributed by atoms with Crippen molar-refractivity contribution >= 4 is 46.8 Å². The average Bonchev–Trinajstić information content (AvgIpc) is 3.23. The Morgan fingerprint density at radius 3 is 2.43 bits per heavy atom. The van der Waals surface area contributed by atoms with Crippen molar-refractivity contribution in [2.24, 2.45) is 13.0 Å². The van der Waals surface area contributed by atoms with Gasteiger partial charge in [-0.05, 0) is 55.7 Å². The monoisotopic (exact) mass is 543 g/mol. The van der Waals surface area contributed by atoms with Crippen LogP contribution in [-0.2, 0) is 16.6 Å². The summed E-state index contributed by atoms with van der Waals surface area (Å²) in [6.45, 7) is 6.16. The van der Waals surface area contributed by atoms with Crippen molar-refractivity contribution < 1.29 is 19.1 Å². The van der Waals surface area contributed by atoms with Crippen molar-refractivity contribution in [2.45, 2.75) is 38.4 Å². The Labute approximate surface area is 225 Å². The Hall–Kier alpha value is -3.37. The minimum Gasteiger partial charge on any atom is -0.462 e. The van der Waals surface area contributed by atoms with Gasteiger partial charge in [0.1, 0.15) is 0 Å². The van der Waals surface area contributed by atoms with E-state index in [1.165, 1.54) is 11.8 Å². The number of nitrogens with one attached hydrogen (secondary N) is 2. The van der Waals surface area contributed by atoms with Gasteiger partial charge in [0.05, 0.1) is 34.6 Å². The first-order valence-corrected chi connectivity index (χ1v) is 13.2. The lowest BCUT2D eigenvalue weighted by Crippen LogP contribution is -2.31. The molecular weight excluding hydrogens is 514 g/mol. The number of ether oxygens (including phenoxy) is 1. The number of carbonyl (C=O) groups is 3. The van der Waals surface area contributed by atoms with Gasteiger partial charge >= 0.3 is 5.97 Å². The van der Waals surface area contributed by atoms with Crippen LogP contribution in [0.25, 0.3) is 0 Å². The number of anilines is 1. The van der Waals surface area contributed by atoms with E-state index in [0.29, 0.717) is 45.8 Å². The highest BCUT2D eigenvalue weighted by molar-refractivity contribution is 7.99. The van der Waals surface area contributed by atoms with E-state index in [4.69, 9.17) is 16.3 Å². The number of amides is 2. The molecule has 0 bridgehead atoms. The number of benzene rings is 2. The summed E-state index contributed by atoms with van der Waals surface area (Å²) in [5, 5.41) is 15.3. The third-order valence-electron chi connectivity index (χ3n) is 5.32. The molecule has 2 amide bonds. The molecule has 3 rings (SSSR count). The maximum absolute atomic E-state index is 12.9. The standard InChI is InChI=1S/C26H30ClN5O4S/c1-5-36-25(35)17-10-12-18(13-11-17)28-22(33)15-37-26-31-30-23(32(26)4)21(14-16(2)3)29-24(34)19-8-6-7-9-20(19)27/h6-13,16,21H,5,14-15H2,1-4H3,(H,28,33)(H,29,34)/t21-/m0/s1. The molecule has 1 atom stereocenters. The Morgan fingerprint density at radius 1 is 1.08 bits per heavy atom. The largest absolute Gasteiger partial charge is 0.462 e. The first-order valence-electron chi connectivity index (χ1n) is 11.8. The van der Waals surface area contributed by atoms with Crippen LogP contribution in [0, 0.1) is 5.92 Å². The predicted molar refractivity (Wildman–Crippen MR) is 144 cm³/mol. The Kier molecular flexibility index (Phi) is 10.1. The van der Waals surface area contributed by atoms with Crippen LogP contribution in [0.3, 0.4) is 0 Å². The molecule has 9 nitrogen and oxygen atoms in total. The van der Waals surface area contributed by atoms with Crippen molar-refractivity contribution in [2.75, 3.05) is 17.7 Å². The van der Waals surface area contributed by atoms with Crippen LogP contribution in [0.4, 0.5) is 5.69 Å². The van der Waals surface area contributed by atoms with Crippen LogP contribution in [0.15, 0.2) is 53.7 Å². The van der Waals surface area contributed by atoms with E-state index >= 15 is 0 Å². The van der Waals surface area contributed by atoms with Crippen LogP contribution in [0.2, 0.25) is 5.02 Å². The van der Waals surface area contributed by atoms with E-state index in [1.54, 1.807) is 67.1 Å². The molecule has 0 spiro atoms. The van der Waals surface area contributed by atoms with Crippen LogP contribution >= 0.6 is 23.4 Å². The summed E-state index contributed by atoms with van der Waals surface area (Å²) in [4.78, 5) is 37.1. The normalized spacial score (nSPS) is 11.7. The molecule has 1 aromatic heterocycles. The van der Waals surface area contributed by atoms with E-state index in [1.807, 2.05) is 0 Å². The van der Waals surface area contributed by atoms with E-state index in [9.17, 15) is 14.4 Å². The summed E-state index contributed by atoms with van der Waals surface area (Å²) >= 11 is 7.43. The summed E-state index contributed by atoms with van der Waals surface area (Å²) in [5.74, 6) is 0.0441. The topological polar surface area (TPSA) is 115 Å². The summed E-state index contributed by atoms with van der Waals surface area (Å²) in [5.41, 5.74) is 1.37.